The fraction of sp³-hybridized carbons (Fsp3) is 0.714. The summed E-state index contributed by atoms with van der Waals surface area (Å²) in [5.41, 5.74) is 5.02. The maximum absolute atomic E-state index is 10.4. The lowest BCUT2D eigenvalue weighted by molar-refractivity contribution is -0.121. The van der Waals surface area contributed by atoms with Crippen molar-refractivity contribution in [2.24, 2.45) is 11.7 Å². The first-order valence-corrected chi connectivity index (χ1v) is 3.25. The summed E-state index contributed by atoms with van der Waals surface area (Å²) in [6.45, 7) is 3.83. The van der Waals surface area contributed by atoms with Gasteiger partial charge in [0.2, 0.25) is 5.91 Å². The zero-order valence-electron chi connectivity index (χ0n) is 6.05. The molecule has 2 nitrogen and oxygen atoms in total. The second-order valence-corrected chi connectivity index (χ2v) is 2.29. The van der Waals surface area contributed by atoms with Crippen LogP contribution in [-0.2, 0) is 4.79 Å². The second kappa shape index (κ2) is 4.36. The van der Waals surface area contributed by atoms with Gasteiger partial charge in [0.05, 0.1) is 0 Å². The lowest BCUT2D eigenvalue weighted by Crippen LogP contribution is -2.20. The summed E-state index contributed by atoms with van der Waals surface area (Å²) >= 11 is 0. The van der Waals surface area contributed by atoms with Crippen molar-refractivity contribution in [3.05, 3.63) is 6.42 Å². The van der Waals surface area contributed by atoms with Crippen LogP contribution in [0.25, 0.3) is 0 Å². The van der Waals surface area contributed by atoms with Crippen LogP contribution in [0.4, 0.5) is 0 Å². The third kappa shape index (κ3) is 4.01. The molecule has 1 radical (unpaired) electrons. The monoisotopic (exact) mass is 128 g/mol. The van der Waals surface area contributed by atoms with Gasteiger partial charge in [-0.3, -0.25) is 4.79 Å². The van der Waals surface area contributed by atoms with E-state index in [1.54, 1.807) is 0 Å². The van der Waals surface area contributed by atoms with Crippen molar-refractivity contribution in [1.82, 2.24) is 0 Å². The number of amides is 1. The van der Waals surface area contributed by atoms with E-state index in [2.05, 4.69) is 0 Å². The Balaban J connectivity index is 3.27. The molecule has 0 bridgehead atoms. The highest BCUT2D eigenvalue weighted by atomic mass is 16.1. The molecule has 0 aliphatic rings. The molecule has 1 atom stereocenters. The minimum atomic E-state index is -0.197. The van der Waals surface area contributed by atoms with E-state index >= 15 is 0 Å². The normalized spacial score (nSPS) is 13.1. The van der Waals surface area contributed by atoms with Crippen LogP contribution in [0.15, 0.2) is 0 Å². The first-order chi connectivity index (χ1) is 4.18. The predicted octanol–water partition coefficient (Wildman–Crippen LogP) is 1.11. The molecule has 0 aliphatic carbocycles. The molecule has 1 unspecified atom stereocenters. The Labute approximate surface area is 56.4 Å². The van der Waals surface area contributed by atoms with Crippen LogP contribution in [0.2, 0.25) is 0 Å². The number of hydrogen-bond donors (Lipinski definition) is 1. The van der Waals surface area contributed by atoms with Gasteiger partial charge in [-0.2, -0.15) is 0 Å². The van der Waals surface area contributed by atoms with Crippen LogP contribution in [0.1, 0.15) is 26.7 Å². The van der Waals surface area contributed by atoms with E-state index < -0.39 is 0 Å². The summed E-state index contributed by atoms with van der Waals surface area (Å²) in [5, 5.41) is 0. The highest BCUT2D eigenvalue weighted by Gasteiger charge is 2.05. The van der Waals surface area contributed by atoms with Crippen molar-refractivity contribution >= 4 is 5.91 Å². The van der Waals surface area contributed by atoms with E-state index in [1.165, 1.54) is 0 Å². The first-order valence-electron chi connectivity index (χ1n) is 3.25. The Morgan fingerprint density at radius 1 is 1.78 bits per heavy atom. The van der Waals surface area contributed by atoms with E-state index in [0.717, 1.165) is 12.8 Å². The van der Waals surface area contributed by atoms with Crippen molar-refractivity contribution in [1.29, 1.82) is 0 Å². The topological polar surface area (TPSA) is 43.1 Å². The van der Waals surface area contributed by atoms with E-state index in [9.17, 15) is 4.79 Å². The zero-order valence-corrected chi connectivity index (χ0v) is 6.05. The Bertz CT molecular complexity index is 90.9. The summed E-state index contributed by atoms with van der Waals surface area (Å²) in [4.78, 5) is 10.4. The standard InChI is InChI=1S/C7H14NO/c1-3-4-5-6(2)7(8)9/h3,6H,4-5H2,1-2H3,(H2,8,9). The van der Waals surface area contributed by atoms with Crippen molar-refractivity contribution in [2.75, 3.05) is 0 Å². The van der Waals surface area contributed by atoms with Crippen LogP contribution in [0.3, 0.4) is 0 Å². The van der Waals surface area contributed by atoms with Gasteiger partial charge in [0.1, 0.15) is 0 Å². The number of carbonyl (C=O) groups is 1. The Hall–Kier alpha value is -0.530. The van der Waals surface area contributed by atoms with Gasteiger partial charge >= 0.3 is 0 Å². The minimum absolute atomic E-state index is 0.0289. The summed E-state index contributed by atoms with van der Waals surface area (Å²) in [7, 11) is 0. The third-order valence-corrected chi connectivity index (χ3v) is 1.37. The number of nitrogens with two attached hydrogens (primary N) is 1. The van der Waals surface area contributed by atoms with Crippen LogP contribution >= 0.6 is 0 Å². The molecule has 0 saturated heterocycles. The predicted molar refractivity (Wildman–Crippen MR) is 37.6 cm³/mol. The van der Waals surface area contributed by atoms with Crippen molar-refractivity contribution < 1.29 is 4.79 Å². The van der Waals surface area contributed by atoms with Gasteiger partial charge in [0, 0.05) is 5.92 Å². The number of carbonyl (C=O) groups excluding carboxylic acids is 1. The lowest BCUT2D eigenvalue weighted by atomic mass is 10.0. The number of unbranched alkanes of at least 4 members (excludes halogenated alkanes) is 1. The molecule has 0 spiro atoms. The van der Waals surface area contributed by atoms with Crippen LogP contribution < -0.4 is 5.73 Å². The van der Waals surface area contributed by atoms with E-state index in [0.29, 0.717) is 0 Å². The van der Waals surface area contributed by atoms with Gasteiger partial charge in [-0.25, -0.2) is 0 Å². The molecule has 1 amide bonds. The second-order valence-electron chi connectivity index (χ2n) is 2.29. The fourth-order valence-corrected chi connectivity index (χ4v) is 0.559. The molecule has 0 saturated carbocycles. The Morgan fingerprint density at radius 3 is 2.67 bits per heavy atom. The van der Waals surface area contributed by atoms with Gasteiger partial charge in [0.15, 0.2) is 0 Å². The Kier molecular flexibility index (Phi) is 4.10. The summed E-state index contributed by atoms with van der Waals surface area (Å²) < 4.78 is 0. The number of rotatable bonds is 4. The van der Waals surface area contributed by atoms with Crippen LogP contribution in [0.5, 0.6) is 0 Å². The van der Waals surface area contributed by atoms with Crippen molar-refractivity contribution in [2.45, 2.75) is 26.7 Å². The molecule has 0 aromatic rings. The van der Waals surface area contributed by atoms with Crippen LogP contribution in [-0.4, -0.2) is 5.91 Å². The molecule has 2 N–H and O–H groups in total. The Morgan fingerprint density at radius 2 is 2.33 bits per heavy atom. The van der Waals surface area contributed by atoms with Gasteiger partial charge in [-0.05, 0) is 19.3 Å². The SMILES string of the molecule is C[CH]CCC(C)C(N)=O. The molecule has 0 aromatic carbocycles. The molecule has 2 heteroatoms. The minimum Gasteiger partial charge on any atom is -0.369 e. The highest BCUT2D eigenvalue weighted by molar-refractivity contribution is 5.76. The quantitative estimate of drug-likeness (QED) is 0.605. The molecular weight excluding hydrogens is 114 g/mol. The van der Waals surface area contributed by atoms with E-state index in [1.807, 2.05) is 20.3 Å². The summed E-state index contributed by atoms with van der Waals surface area (Å²) in [6, 6.07) is 0. The first kappa shape index (κ1) is 8.47. The number of primary amides is 1. The lowest BCUT2D eigenvalue weighted by Gasteiger charge is -2.03. The van der Waals surface area contributed by atoms with Gasteiger partial charge in [-0.1, -0.05) is 13.8 Å². The molecule has 0 fully saturated rings. The number of hydrogen-bond acceptors (Lipinski definition) is 1. The zero-order chi connectivity index (χ0) is 7.28. The molecule has 0 rings (SSSR count). The van der Waals surface area contributed by atoms with E-state index in [-0.39, 0.29) is 11.8 Å². The van der Waals surface area contributed by atoms with Crippen molar-refractivity contribution in [3.63, 3.8) is 0 Å². The van der Waals surface area contributed by atoms with Gasteiger partial charge in [0.25, 0.3) is 0 Å². The molecular formula is C7H14NO. The molecule has 9 heavy (non-hydrogen) atoms. The maximum Gasteiger partial charge on any atom is 0.220 e. The summed E-state index contributed by atoms with van der Waals surface area (Å²) in [6.07, 6.45) is 3.90. The maximum atomic E-state index is 10.4. The molecule has 0 heterocycles. The molecule has 53 valence electrons. The van der Waals surface area contributed by atoms with E-state index in [4.69, 9.17) is 5.73 Å². The van der Waals surface area contributed by atoms with Crippen molar-refractivity contribution in [3.8, 4) is 0 Å². The molecule has 0 aromatic heterocycles. The van der Waals surface area contributed by atoms with Gasteiger partial charge in [-0.15, -0.1) is 0 Å². The third-order valence-electron chi connectivity index (χ3n) is 1.37. The molecule has 0 aliphatic heterocycles. The largest absolute Gasteiger partial charge is 0.369 e. The fourth-order valence-electron chi connectivity index (χ4n) is 0.559. The van der Waals surface area contributed by atoms with Gasteiger partial charge < -0.3 is 5.73 Å². The highest BCUT2D eigenvalue weighted by Crippen LogP contribution is 2.04. The average molecular weight is 128 g/mol. The van der Waals surface area contributed by atoms with Crippen LogP contribution in [0, 0.1) is 12.3 Å². The smallest absolute Gasteiger partial charge is 0.220 e. The average Bonchev–Trinajstić information content (AvgIpc) is 1.82. The summed E-state index contributed by atoms with van der Waals surface area (Å²) in [5.74, 6) is -0.168.